The van der Waals surface area contributed by atoms with Gasteiger partial charge in [0.2, 0.25) is 0 Å². The quantitative estimate of drug-likeness (QED) is 0.876. The van der Waals surface area contributed by atoms with Crippen LogP contribution in [-0.2, 0) is 12.2 Å². The van der Waals surface area contributed by atoms with Crippen LogP contribution >= 0.6 is 23.1 Å². The van der Waals surface area contributed by atoms with Crippen LogP contribution in [0.25, 0.3) is 0 Å². The molecule has 0 bridgehead atoms. The first-order chi connectivity index (χ1) is 9.83. The van der Waals surface area contributed by atoms with Crippen molar-refractivity contribution in [3.8, 4) is 0 Å². The SMILES string of the molecule is O=C(NCCN1CCNCC1)c1cc2c(s1)CCSC2. The second kappa shape index (κ2) is 6.93. The summed E-state index contributed by atoms with van der Waals surface area (Å²) in [6.45, 7) is 5.98. The molecule has 1 saturated heterocycles. The Hall–Kier alpha value is -0.560. The van der Waals surface area contributed by atoms with Crippen molar-refractivity contribution in [1.29, 1.82) is 0 Å². The monoisotopic (exact) mass is 311 g/mol. The van der Waals surface area contributed by atoms with E-state index in [0.29, 0.717) is 0 Å². The fourth-order valence-corrected chi connectivity index (χ4v) is 4.90. The molecule has 1 aromatic heterocycles. The number of amides is 1. The van der Waals surface area contributed by atoms with E-state index in [1.54, 1.807) is 11.3 Å². The van der Waals surface area contributed by atoms with Gasteiger partial charge in [-0.15, -0.1) is 11.3 Å². The third-order valence-corrected chi connectivity index (χ3v) is 6.02. The molecule has 1 fully saturated rings. The van der Waals surface area contributed by atoms with E-state index in [2.05, 4.69) is 21.6 Å². The molecule has 6 heteroatoms. The molecule has 0 aromatic carbocycles. The lowest BCUT2D eigenvalue weighted by atomic mass is 10.2. The van der Waals surface area contributed by atoms with Gasteiger partial charge in [0.05, 0.1) is 4.88 Å². The smallest absolute Gasteiger partial charge is 0.261 e. The Bertz CT molecular complexity index is 445. The van der Waals surface area contributed by atoms with Crippen LogP contribution < -0.4 is 10.6 Å². The number of thiophene rings is 1. The predicted molar refractivity (Wildman–Crippen MR) is 85.8 cm³/mol. The van der Waals surface area contributed by atoms with E-state index in [1.165, 1.54) is 16.2 Å². The largest absolute Gasteiger partial charge is 0.350 e. The molecule has 0 saturated carbocycles. The highest BCUT2D eigenvalue weighted by atomic mass is 32.2. The summed E-state index contributed by atoms with van der Waals surface area (Å²) in [7, 11) is 0. The molecule has 0 unspecified atom stereocenters. The van der Waals surface area contributed by atoms with Gasteiger partial charge in [0, 0.05) is 49.9 Å². The number of rotatable bonds is 4. The molecule has 0 spiro atoms. The summed E-state index contributed by atoms with van der Waals surface area (Å²) in [6.07, 6.45) is 1.12. The number of fused-ring (bicyclic) bond motifs is 1. The Kier molecular flexibility index (Phi) is 4.99. The predicted octanol–water partition coefficient (Wildman–Crippen LogP) is 1.17. The van der Waals surface area contributed by atoms with Gasteiger partial charge in [0.1, 0.15) is 0 Å². The van der Waals surface area contributed by atoms with Crippen LogP contribution in [0.3, 0.4) is 0 Å². The van der Waals surface area contributed by atoms with Crippen LogP contribution in [0.15, 0.2) is 6.07 Å². The van der Waals surface area contributed by atoms with Crippen molar-refractivity contribution >= 4 is 29.0 Å². The highest BCUT2D eigenvalue weighted by Gasteiger charge is 2.17. The van der Waals surface area contributed by atoms with E-state index in [1.807, 2.05) is 11.8 Å². The van der Waals surface area contributed by atoms with Crippen molar-refractivity contribution in [3.63, 3.8) is 0 Å². The second-order valence-electron chi connectivity index (χ2n) is 5.21. The zero-order valence-corrected chi connectivity index (χ0v) is 13.2. The highest BCUT2D eigenvalue weighted by Crippen LogP contribution is 2.31. The summed E-state index contributed by atoms with van der Waals surface area (Å²) >= 11 is 3.64. The van der Waals surface area contributed by atoms with Crippen molar-refractivity contribution in [2.24, 2.45) is 0 Å². The van der Waals surface area contributed by atoms with Gasteiger partial charge in [-0.2, -0.15) is 11.8 Å². The second-order valence-corrected chi connectivity index (χ2v) is 7.45. The first kappa shape index (κ1) is 14.4. The third-order valence-electron chi connectivity index (χ3n) is 3.77. The zero-order valence-electron chi connectivity index (χ0n) is 11.6. The number of carbonyl (C=O) groups excluding carboxylic acids is 1. The molecule has 0 atom stereocenters. The van der Waals surface area contributed by atoms with Crippen LogP contribution in [0.5, 0.6) is 0 Å². The molecule has 110 valence electrons. The van der Waals surface area contributed by atoms with Crippen molar-refractivity contribution in [1.82, 2.24) is 15.5 Å². The summed E-state index contributed by atoms with van der Waals surface area (Å²) < 4.78 is 0. The van der Waals surface area contributed by atoms with Crippen LogP contribution in [-0.4, -0.2) is 55.8 Å². The minimum absolute atomic E-state index is 0.101. The van der Waals surface area contributed by atoms with Crippen LogP contribution in [0, 0.1) is 0 Å². The fraction of sp³-hybridized carbons (Fsp3) is 0.643. The zero-order chi connectivity index (χ0) is 13.8. The Balaban J connectivity index is 1.47. The molecule has 3 heterocycles. The maximum atomic E-state index is 12.2. The topological polar surface area (TPSA) is 44.4 Å². The normalized spacial score (nSPS) is 19.6. The van der Waals surface area contributed by atoms with Gasteiger partial charge in [0.15, 0.2) is 0 Å². The van der Waals surface area contributed by atoms with Gasteiger partial charge in [-0.1, -0.05) is 0 Å². The van der Waals surface area contributed by atoms with Gasteiger partial charge in [-0.3, -0.25) is 9.69 Å². The van der Waals surface area contributed by atoms with Gasteiger partial charge in [0.25, 0.3) is 5.91 Å². The van der Waals surface area contributed by atoms with Crippen molar-refractivity contribution < 1.29 is 4.79 Å². The number of thioether (sulfide) groups is 1. The highest BCUT2D eigenvalue weighted by molar-refractivity contribution is 7.98. The molecule has 4 nitrogen and oxygen atoms in total. The number of nitrogens with zero attached hydrogens (tertiary/aromatic N) is 1. The number of hydrogen-bond donors (Lipinski definition) is 2. The Morgan fingerprint density at radius 2 is 2.25 bits per heavy atom. The lowest BCUT2D eigenvalue weighted by molar-refractivity contribution is 0.0951. The summed E-state index contributed by atoms with van der Waals surface area (Å²) in [5.74, 6) is 2.36. The van der Waals surface area contributed by atoms with Crippen LogP contribution in [0.4, 0.5) is 0 Å². The summed E-state index contributed by atoms with van der Waals surface area (Å²) in [5, 5.41) is 6.40. The maximum Gasteiger partial charge on any atom is 0.261 e. The van der Waals surface area contributed by atoms with E-state index in [4.69, 9.17) is 0 Å². The molecule has 0 radical (unpaired) electrons. The molecule has 0 aliphatic carbocycles. The molecule has 1 amide bonds. The minimum Gasteiger partial charge on any atom is -0.350 e. The van der Waals surface area contributed by atoms with Crippen molar-refractivity contribution in [3.05, 3.63) is 21.4 Å². The van der Waals surface area contributed by atoms with E-state index >= 15 is 0 Å². The standard InChI is InChI=1S/C14H21N3OS2/c18-14(16-4-7-17-5-2-15-3-6-17)13-9-11-10-19-8-1-12(11)20-13/h9,15H,1-8,10H2,(H,16,18). The molecule has 20 heavy (non-hydrogen) atoms. The first-order valence-electron chi connectivity index (χ1n) is 7.23. The lowest BCUT2D eigenvalue weighted by Crippen LogP contribution is -2.46. The summed E-state index contributed by atoms with van der Waals surface area (Å²) in [4.78, 5) is 16.9. The Morgan fingerprint density at radius 3 is 3.05 bits per heavy atom. The molecule has 2 aliphatic heterocycles. The van der Waals surface area contributed by atoms with Crippen molar-refractivity contribution in [2.45, 2.75) is 12.2 Å². The maximum absolute atomic E-state index is 12.2. The molecule has 2 N–H and O–H groups in total. The van der Waals surface area contributed by atoms with Crippen LogP contribution in [0.2, 0.25) is 0 Å². The lowest BCUT2D eigenvalue weighted by Gasteiger charge is -2.26. The minimum atomic E-state index is 0.101. The van der Waals surface area contributed by atoms with Gasteiger partial charge < -0.3 is 10.6 Å². The van der Waals surface area contributed by atoms with Crippen molar-refractivity contribution in [2.75, 3.05) is 45.0 Å². The van der Waals surface area contributed by atoms with Gasteiger partial charge in [-0.25, -0.2) is 0 Å². The molecular weight excluding hydrogens is 290 g/mol. The fourth-order valence-electron chi connectivity index (χ4n) is 2.61. The average Bonchev–Trinajstić information content (AvgIpc) is 2.92. The number of piperazine rings is 1. The Labute approximate surface area is 128 Å². The van der Waals surface area contributed by atoms with E-state index in [-0.39, 0.29) is 5.91 Å². The molecule has 1 aromatic rings. The van der Waals surface area contributed by atoms with E-state index in [9.17, 15) is 4.79 Å². The first-order valence-corrected chi connectivity index (χ1v) is 9.20. The van der Waals surface area contributed by atoms with Gasteiger partial charge >= 0.3 is 0 Å². The average molecular weight is 311 g/mol. The number of nitrogens with one attached hydrogen (secondary N) is 2. The van der Waals surface area contributed by atoms with E-state index < -0.39 is 0 Å². The molecule has 3 rings (SSSR count). The number of carbonyl (C=O) groups is 1. The third kappa shape index (κ3) is 3.55. The summed E-state index contributed by atoms with van der Waals surface area (Å²) in [5.41, 5.74) is 1.37. The van der Waals surface area contributed by atoms with E-state index in [0.717, 1.165) is 56.3 Å². The summed E-state index contributed by atoms with van der Waals surface area (Å²) in [6, 6.07) is 2.09. The molecular formula is C14H21N3OS2. The van der Waals surface area contributed by atoms with Crippen LogP contribution in [0.1, 0.15) is 20.1 Å². The number of hydrogen-bond acceptors (Lipinski definition) is 5. The number of aryl methyl sites for hydroxylation is 1. The Morgan fingerprint density at radius 1 is 1.40 bits per heavy atom. The van der Waals surface area contributed by atoms with Gasteiger partial charge in [-0.05, 0) is 23.8 Å². The molecule has 2 aliphatic rings.